The van der Waals surface area contributed by atoms with Gasteiger partial charge >= 0.3 is 0 Å². The summed E-state index contributed by atoms with van der Waals surface area (Å²) in [5.74, 6) is -1.33. The van der Waals surface area contributed by atoms with E-state index in [0.29, 0.717) is 38.0 Å². The van der Waals surface area contributed by atoms with E-state index in [-0.39, 0.29) is 22.8 Å². The van der Waals surface area contributed by atoms with Gasteiger partial charge in [0.25, 0.3) is 11.8 Å². The molecule has 0 saturated carbocycles. The number of carbonyl (C=O) groups is 3. The highest BCUT2D eigenvalue weighted by molar-refractivity contribution is 6.36. The van der Waals surface area contributed by atoms with Gasteiger partial charge in [-0.3, -0.25) is 24.3 Å². The number of imide groups is 1. The second kappa shape index (κ2) is 5.93. The summed E-state index contributed by atoms with van der Waals surface area (Å²) in [4.78, 5) is 37.9. The molecule has 0 radical (unpaired) electrons. The monoisotopic (exact) mass is 404 g/mol. The first-order chi connectivity index (χ1) is 13.9. The maximum absolute atomic E-state index is 12.7. The van der Waals surface area contributed by atoms with Crippen molar-refractivity contribution in [2.45, 2.75) is 6.92 Å². The van der Waals surface area contributed by atoms with Crippen molar-refractivity contribution in [2.24, 2.45) is 0 Å². The summed E-state index contributed by atoms with van der Waals surface area (Å²) in [5.41, 5.74) is 2.45. The van der Waals surface area contributed by atoms with Gasteiger partial charge in [-0.1, -0.05) is 29.8 Å². The molecule has 2 N–H and O–H groups in total. The molecule has 0 bridgehead atoms. The number of rotatable bonds is 1. The maximum atomic E-state index is 12.7. The number of nitrogens with one attached hydrogen (secondary N) is 1. The third-order valence-corrected chi connectivity index (χ3v) is 5.53. The summed E-state index contributed by atoms with van der Waals surface area (Å²) < 4.78 is 1.47. The molecule has 1 aromatic heterocycles. The molecule has 142 valence electrons. The van der Waals surface area contributed by atoms with Gasteiger partial charge < -0.3 is 5.11 Å². The predicted octanol–water partition coefficient (Wildman–Crippen LogP) is 4.36. The molecule has 0 atom stereocenters. The summed E-state index contributed by atoms with van der Waals surface area (Å²) in [6.45, 7) is 1.42. The lowest BCUT2D eigenvalue weighted by Crippen LogP contribution is -2.20. The van der Waals surface area contributed by atoms with E-state index in [0.717, 1.165) is 0 Å². The topological polar surface area (TPSA) is 88.4 Å². The molecule has 0 spiro atoms. The minimum absolute atomic E-state index is 0.00577. The van der Waals surface area contributed by atoms with Crippen molar-refractivity contribution in [3.05, 3.63) is 64.7 Å². The van der Waals surface area contributed by atoms with Gasteiger partial charge in [-0.15, -0.1) is 0 Å². The van der Waals surface area contributed by atoms with Gasteiger partial charge in [0.15, 0.2) is 0 Å². The number of halogens is 1. The Balaban J connectivity index is 2.07. The average Bonchev–Trinajstić information content (AvgIpc) is 3.15. The number of phenols is 1. The Labute approximate surface area is 169 Å². The lowest BCUT2D eigenvalue weighted by Gasteiger charge is -2.11. The predicted molar refractivity (Wildman–Crippen MR) is 110 cm³/mol. The van der Waals surface area contributed by atoms with Crippen LogP contribution < -0.4 is 5.32 Å². The molecular formula is C22H13ClN2O4. The Morgan fingerprint density at radius 1 is 0.966 bits per heavy atom. The Morgan fingerprint density at radius 3 is 2.41 bits per heavy atom. The van der Waals surface area contributed by atoms with Crippen LogP contribution in [0.2, 0.25) is 5.02 Å². The quantitative estimate of drug-likeness (QED) is 0.461. The fraction of sp³-hybridized carbons (Fsp3) is 0.0455. The van der Waals surface area contributed by atoms with Crippen LogP contribution in [0.25, 0.3) is 32.9 Å². The van der Waals surface area contributed by atoms with Gasteiger partial charge in [0.05, 0.1) is 22.2 Å². The lowest BCUT2D eigenvalue weighted by molar-refractivity contribution is 0.0878. The third-order valence-electron chi connectivity index (χ3n) is 5.20. The second-order valence-corrected chi connectivity index (χ2v) is 7.29. The molecule has 7 heteroatoms. The highest BCUT2D eigenvalue weighted by Gasteiger charge is 2.35. The molecule has 4 aromatic rings. The zero-order valence-corrected chi connectivity index (χ0v) is 15.9. The van der Waals surface area contributed by atoms with Crippen LogP contribution in [-0.2, 0) is 0 Å². The van der Waals surface area contributed by atoms with Crippen LogP contribution in [-0.4, -0.2) is 27.4 Å². The van der Waals surface area contributed by atoms with E-state index in [2.05, 4.69) is 5.32 Å². The van der Waals surface area contributed by atoms with Gasteiger partial charge in [0.1, 0.15) is 5.75 Å². The van der Waals surface area contributed by atoms with Crippen LogP contribution in [0, 0.1) is 0 Å². The standard InChI is InChI=1S/C22H13ClN2O4/c1-10(26)25-16-7-6-11(27)8-14(16)18-17(25)9-13(12-4-2-3-5-15(12)23)19-20(18)22(29)24-21(19)28/h2-9,27H,1H3,(H,24,28,29). The van der Waals surface area contributed by atoms with E-state index < -0.39 is 11.8 Å². The maximum Gasteiger partial charge on any atom is 0.259 e. The Hall–Kier alpha value is -3.64. The molecule has 0 aliphatic carbocycles. The fourth-order valence-electron chi connectivity index (χ4n) is 4.09. The molecule has 0 saturated heterocycles. The normalized spacial score (nSPS) is 13.2. The summed E-state index contributed by atoms with van der Waals surface area (Å²) in [6, 6.07) is 13.3. The molecule has 1 aliphatic heterocycles. The van der Waals surface area contributed by atoms with Crippen LogP contribution >= 0.6 is 11.6 Å². The first kappa shape index (κ1) is 17.5. The smallest absolute Gasteiger partial charge is 0.259 e. The Kier molecular flexibility index (Phi) is 3.57. The summed E-state index contributed by atoms with van der Waals surface area (Å²) in [5, 5.41) is 13.7. The number of phenolic OH excluding ortho intramolecular Hbond substituents is 1. The van der Waals surface area contributed by atoms with Crippen molar-refractivity contribution in [1.82, 2.24) is 9.88 Å². The second-order valence-electron chi connectivity index (χ2n) is 6.89. The van der Waals surface area contributed by atoms with Crippen molar-refractivity contribution in [1.29, 1.82) is 0 Å². The number of carbonyl (C=O) groups excluding carboxylic acids is 3. The minimum atomic E-state index is -0.546. The summed E-state index contributed by atoms with van der Waals surface area (Å²) in [6.07, 6.45) is 0. The number of nitrogens with zero attached hydrogens (tertiary/aromatic N) is 1. The first-order valence-electron chi connectivity index (χ1n) is 8.84. The number of amides is 2. The van der Waals surface area contributed by atoms with Gasteiger partial charge in [-0.25, -0.2) is 0 Å². The molecule has 2 amide bonds. The molecule has 0 fully saturated rings. The third kappa shape index (κ3) is 2.33. The molecule has 5 rings (SSSR count). The Bertz CT molecular complexity index is 1420. The molecular weight excluding hydrogens is 392 g/mol. The minimum Gasteiger partial charge on any atom is -0.508 e. The molecule has 1 aliphatic rings. The van der Waals surface area contributed by atoms with Crippen LogP contribution in [0.15, 0.2) is 48.5 Å². The lowest BCUT2D eigenvalue weighted by atomic mass is 9.93. The van der Waals surface area contributed by atoms with Crippen LogP contribution in [0.3, 0.4) is 0 Å². The van der Waals surface area contributed by atoms with Crippen LogP contribution in [0.4, 0.5) is 0 Å². The zero-order chi connectivity index (χ0) is 20.4. The molecule has 3 aromatic carbocycles. The molecule has 2 heterocycles. The number of benzene rings is 3. The van der Waals surface area contributed by atoms with Gasteiger partial charge in [0.2, 0.25) is 5.91 Å². The van der Waals surface area contributed by atoms with Crippen LogP contribution in [0.1, 0.15) is 32.4 Å². The summed E-state index contributed by atoms with van der Waals surface area (Å²) >= 11 is 6.37. The van der Waals surface area contributed by atoms with E-state index in [9.17, 15) is 19.5 Å². The van der Waals surface area contributed by atoms with Crippen molar-refractivity contribution >= 4 is 51.1 Å². The fourth-order valence-corrected chi connectivity index (χ4v) is 4.33. The van der Waals surface area contributed by atoms with E-state index in [1.54, 1.807) is 36.4 Å². The van der Waals surface area contributed by atoms with Crippen molar-refractivity contribution in [3.8, 4) is 16.9 Å². The van der Waals surface area contributed by atoms with E-state index in [1.807, 2.05) is 0 Å². The van der Waals surface area contributed by atoms with E-state index >= 15 is 0 Å². The molecule has 6 nitrogen and oxygen atoms in total. The first-order valence-corrected chi connectivity index (χ1v) is 9.22. The highest BCUT2D eigenvalue weighted by atomic mass is 35.5. The average molecular weight is 405 g/mol. The van der Waals surface area contributed by atoms with Gasteiger partial charge in [-0.2, -0.15) is 0 Å². The van der Waals surface area contributed by atoms with E-state index in [4.69, 9.17) is 11.6 Å². The number of aromatic nitrogens is 1. The van der Waals surface area contributed by atoms with E-state index in [1.165, 1.54) is 23.6 Å². The highest BCUT2D eigenvalue weighted by Crippen LogP contribution is 2.42. The number of hydrogen-bond acceptors (Lipinski definition) is 4. The Morgan fingerprint density at radius 2 is 1.69 bits per heavy atom. The zero-order valence-electron chi connectivity index (χ0n) is 15.1. The van der Waals surface area contributed by atoms with Crippen LogP contribution in [0.5, 0.6) is 5.75 Å². The van der Waals surface area contributed by atoms with Crippen molar-refractivity contribution in [3.63, 3.8) is 0 Å². The van der Waals surface area contributed by atoms with Gasteiger partial charge in [0, 0.05) is 28.3 Å². The number of hydrogen-bond donors (Lipinski definition) is 2. The van der Waals surface area contributed by atoms with Crippen molar-refractivity contribution < 1.29 is 19.5 Å². The molecule has 0 unspecified atom stereocenters. The summed E-state index contributed by atoms with van der Waals surface area (Å²) in [7, 11) is 0. The molecule has 29 heavy (non-hydrogen) atoms. The number of aromatic hydroxyl groups is 1. The SMILES string of the molecule is CC(=O)n1c2ccc(O)cc2c2c3c(c(-c4ccccc4Cl)cc21)C(=O)NC3=O. The largest absolute Gasteiger partial charge is 0.508 e. The van der Waals surface area contributed by atoms with Crippen molar-refractivity contribution in [2.75, 3.05) is 0 Å². The number of fused-ring (bicyclic) bond motifs is 5. The van der Waals surface area contributed by atoms with Gasteiger partial charge in [-0.05, 0) is 35.9 Å².